The molecule has 0 aliphatic heterocycles. The fourth-order valence-corrected chi connectivity index (χ4v) is 22.8. The first-order valence-electron chi connectivity index (χ1n) is 40.1. The predicted molar refractivity (Wildman–Crippen MR) is 477 cm³/mol. The molecule has 0 radical (unpaired) electrons. The molecule has 18 aromatic rings. The number of hydrogen-bond donors (Lipinski definition) is 1. The van der Waals surface area contributed by atoms with Crippen LogP contribution in [0.15, 0.2) is 429 Å². The van der Waals surface area contributed by atoms with Gasteiger partial charge < -0.3 is 10.2 Å². The molecule has 2 atom stereocenters. The molecule has 0 heterocycles. The molecule has 536 valence electrons. The average molecular weight is 1520 g/mol. The number of halogens is 1. The van der Waals surface area contributed by atoms with Crippen molar-refractivity contribution in [2.45, 2.75) is 21.7 Å². The molecule has 18 aromatic carbocycles. The Morgan fingerprint density at radius 1 is 0.174 bits per heavy atom. The lowest BCUT2D eigenvalue weighted by Crippen LogP contribution is -2.28. The van der Waals surface area contributed by atoms with Crippen LogP contribution in [-0.2, 0) is 21.7 Å². The van der Waals surface area contributed by atoms with Gasteiger partial charge >= 0.3 is 0 Å². The van der Waals surface area contributed by atoms with E-state index < -0.39 is 5.41 Å². The van der Waals surface area contributed by atoms with Crippen molar-refractivity contribution in [3.05, 3.63) is 518 Å². The molecular weight excluding hydrogens is 1450 g/mol. The molecule has 1 N–H and O–H groups in total. The van der Waals surface area contributed by atoms with Gasteiger partial charge in [0, 0.05) is 32.9 Å². The zero-order valence-electron chi connectivity index (χ0n) is 62.7. The summed E-state index contributed by atoms with van der Waals surface area (Å²) in [7, 11) is 0. The summed E-state index contributed by atoms with van der Waals surface area (Å²) in [5.41, 5.74) is 47.8. The molecule has 115 heavy (non-hydrogen) atoms. The topological polar surface area (TPSA) is 15.3 Å². The maximum Gasteiger partial charge on any atom is 0.0738 e. The summed E-state index contributed by atoms with van der Waals surface area (Å²) < 4.78 is 1.15. The van der Waals surface area contributed by atoms with Crippen molar-refractivity contribution in [1.82, 2.24) is 0 Å². The number of nitrogens with one attached hydrogen (secondary N) is 1. The number of nitrogens with zero attached hydrogens (tertiary/aromatic N) is 1. The number of fused-ring (bicyclic) bond motifs is 16. The van der Waals surface area contributed by atoms with E-state index >= 15 is 0 Å². The van der Waals surface area contributed by atoms with E-state index in [2.05, 4.69) is 445 Å². The van der Waals surface area contributed by atoms with Crippen molar-refractivity contribution in [3.8, 4) is 89.0 Å². The molecule has 0 amide bonds. The Bertz CT molecular complexity index is 6860. The first-order valence-corrected chi connectivity index (χ1v) is 40.9. The summed E-state index contributed by atoms with van der Waals surface area (Å²) in [6.07, 6.45) is 0. The third-order valence-corrected chi connectivity index (χ3v) is 26.9. The molecule has 0 aromatic heterocycles. The van der Waals surface area contributed by atoms with Crippen LogP contribution in [-0.4, -0.2) is 0 Å². The van der Waals surface area contributed by atoms with Crippen molar-refractivity contribution >= 4 is 44.4 Å². The summed E-state index contributed by atoms with van der Waals surface area (Å²) in [6.45, 7) is 0. The van der Waals surface area contributed by atoms with Crippen molar-refractivity contribution in [2.75, 3.05) is 10.2 Å². The van der Waals surface area contributed by atoms with Crippen molar-refractivity contribution in [3.63, 3.8) is 0 Å². The Hall–Kier alpha value is -14.0. The van der Waals surface area contributed by atoms with Gasteiger partial charge in [-0.05, 0) is 251 Å². The number of rotatable bonds is 9. The highest BCUT2D eigenvalue weighted by Crippen LogP contribution is 2.72. The van der Waals surface area contributed by atoms with E-state index in [-0.39, 0.29) is 16.2 Å². The van der Waals surface area contributed by atoms with Gasteiger partial charge in [-0.3, -0.25) is 0 Å². The molecule has 2 nitrogen and oxygen atoms in total. The van der Waals surface area contributed by atoms with Crippen LogP contribution in [0.25, 0.3) is 89.0 Å². The van der Waals surface area contributed by atoms with Crippen LogP contribution < -0.4 is 10.2 Å². The number of hydrogen-bond acceptors (Lipinski definition) is 2. The van der Waals surface area contributed by atoms with E-state index in [1.807, 2.05) is 6.07 Å². The monoisotopic (exact) mass is 1520 g/mol. The van der Waals surface area contributed by atoms with Gasteiger partial charge in [-0.1, -0.05) is 368 Å². The maximum absolute atomic E-state index is 3.73. The second kappa shape index (κ2) is 25.0. The van der Waals surface area contributed by atoms with E-state index in [0.29, 0.717) is 0 Å². The SMILES string of the molecule is Brc1ccc2c(c1)C13c4ccccc4-c4cccc(c41)-c1cccc-2c13.c1ccc(N(c2ccc3c(c2)C(c2ccccc2)(c2ccccc2)c2ccccc2-3)c2ccc3c(c2)C24c5ccccc5-c5cccc(c52)-c2cccc-3c24)cc1.c1ccc(Nc2ccc3c(c2)C(c2ccccc2)(c2ccccc2)c2ccccc2-3)cc1. The second-order valence-electron chi connectivity index (χ2n) is 31.6. The standard InChI is InChI=1S/C56H35N.C31H23N.C25H13Br/c1-4-16-36(17-5-1)55(37-18-6-2-7-19-37)49-28-12-10-22-41(49)43-32-30-39(34-51(43)55)57(38-20-8-3-9-21-38)40-31-33-44-46-25-15-27-48-47-26-14-24-45-42-23-11-13-29-50(42)56(53(45)47,54(46)48)52(44)35-40;1-4-12-23(13-5-1)31(24-14-6-2-7-15-24)29-19-11-10-18-27(29)28-21-20-26(22-30(28)31)32-25-16-8-3-9-17-25;26-14-11-12-16-18-7-4-9-20-19-8-3-6-17-15-5-1-2-10-21(15)25(23(17)19,24(18)20)22(16)13-14/h1-35H;1-22,32H;1-13H. The molecule has 8 aliphatic carbocycles. The van der Waals surface area contributed by atoms with Gasteiger partial charge in [0.05, 0.1) is 21.7 Å². The van der Waals surface area contributed by atoms with Crippen LogP contribution in [0.2, 0.25) is 0 Å². The highest BCUT2D eigenvalue weighted by Gasteiger charge is 2.60. The average Bonchev–Trinajstić information content (AvgIpc) is 1.48. The third kappa shape index (κ3) is 8.83. The fraction of sp³-hybridized carbons (Fsp3) is 0.0357. The predicted octanol–water partition coefficient (Wildman–Crippen LogP) is 28.4. The summed E-state index contributed by atoms with van der Waals surface area (Å²) in [6, 6.07) is 157. The van der Waals surface area contributed by atoms with Gasteiger partial charge in [0.15, 0.2) is 0 Å². The van der Waals surface area contributed by atoms with Crippen molar-refractivity contribution in [2.24, 2.45) is 0 Å². The number of anilines is 5. The van der Waals surface area contributed by atoms with Crippen molar-refractivity contribution in [1.29, 1.82) is 0 Å². The van der Waals surface area contributed by atoms with E-state index in [9.17, 15) is 0 Å². The minimum Gasteiger partial charge on any atom is -0.356 e. The van der Waals surface area contributed by atoms with Crippen LogP contribution in [0.5, 0.6) is 0 Å². The van der Waals surface area contributed by atoms with E-state index in [4.69, 9.17) is 0 Å². The molecule has 0 bridgehead atoms. The second-order valence-corrected chi connectivity index (χ2v) is 32.5. The zero-order chi connectivity index (χ0) is 75.7. The first-order chi connectivity index (χ1) is 57.0. The van der Waals surface area contributed by atoms with Gasteiger partial charge in [0.25, 0.3) is 0 Å². The lowest BCUT2D eigenvalue weighted by Gasteiger charge is -2.35. The van der Waals surface area contributed by atoms with E-state index in [1.165, 1.54) is 178 Å². The summed E-state index contributed by atoms with van der Waals surface area (Å²) in [5.74, 6) is 0. The quantitative estimate of drug-likeness (QED) is 0.155. The number of benzene rings is 18. The van der Waals surface area contributed by atoms with Gasteiger partial charge in [-0.2, -0.15) is 0 Å². The number of para-hydroxylation sites is 2. The lowest BCUT2D eigenvalue weighted by molar-refractivity contribution is 0.768. The van der Waals surface area contributed by atoms with Gasteiger partial charge in [-0.25, -0.2) is 0 Å². The molecule has 26 rings (SSSR count). The first kappa shape index (κ1) is 65.7. The summed E-state index contributed by atoms with van der Waals surface area (Å²) in [5, 5.41) is 3.60. The Labute approximate surface area is 678 Å². The highest BCUT2D eigenvalue weighted by atomic mass is 79.9. The van der Waals surface area contributed by atoms with Crippen LogP contribution in [0, 0.1) is 0 Å². The normalized spacial score (nSPS) is 16.1. The molecule has 0 saturated heterocycles. The Balaban J connectivity index is 0.000000110. The highest BCUT2D eigenvalue weighted by molar-refractivity contribution is 9.10. The van der Waals surface area contributed by atoms with Gasteiger partial charge in [0.2, 0.25) is 0 Å². The molecule has 2 spiro atoms. The Morgan fingerprint density at radius 3 is 0.826 bits per heavy atom. The molecule has 2 unspecified atom stereocenters. The van der Waals surface area contributed by atoms with Gasteiger partial charge in [0.1, 0.15) is 0 Å². The van der Waals surface area contributed by atoms with Crippen LogP contribution >= 0.6 is 15.9 Å². The van der Waals surface area contributed by atoms with E-state index in [1.54, 1.807) is 0 Å². The van der Waals surface area contributed by atoms with Crippen LogP contribution in [0.1, 0.15) is 89.0 Å². The molecule has 3 heteroatoms. The molecular formula is C112H71BrN2. The Morgan fingerprint density at radius 2 is 0.435 bits per heavy atom. The maximum atomic E-state index is 3.73. The zero-order valence-corrected chi connectivity index (χ0v) is 64.3. The minimum absolute atomic E-state index is 0.145. The smallest absolute Gasteiger partial charge is 0.0738 e. The lowest BCUT2D eigenvalue weighted by atomic mass is 9.67. The van der Waals surface area contributed by atoms with Gasteiger partial charge in [-0.15, -0.1) is 0 Å². The summed E-state index contributed by atoms with van der Waals surface area (Å²) >= 11 is 3.73. The van der Waals surface area contributed by atoms with E-state index in [0.717, 1.165) is 32.9 Å². The molecule has 8 aliphatic rings. The largest absolute Gasteiger partial charge is 0.356 e. The van der Waals surface area contributed by atoms with Crippen LogP contribution in [0.4, 0.5) is 28.4 Å². The summed E-state index contributed by atoms with van der Waals surface area (Å²) in [4.78, 5) is 2.48. The van der Waals surface area contributed by atoms with Crippen molar-refractivity contribution < 1.29 is 0 Å². The molecule has 0 saturated carbocycles. The fourth-order valence-electron chi connectivity index (χ4n) is 22.4. The Kier molecular flexibility index (Phi) is 14.3. The minimum atomic E-state index is -0.487. The third-order valence-electron chi connectivity index (χ3n) is 26.4. The molecule has 0 fully saturated rings. The van der Waals surface area contributed by atoms with Crippen LogP contribution in [0.3, 0.4) is 0 Å².